The minimum absolute atomic E-state index is 0.815. The molecule has 0 aliphatic carbocycles. The second-order valence-electron chi connectivity index (χ2n) is 4.11. The number of para-hydroxylation sites is 1. The van der Waals surface area contributed by atoms with Gasteiger partial charge in [0.05, 0.1) is 5.69 Å². The van der Waals surface area contributed by atoms with E-state index in [1.807, 2.05) is 65.4 Å². The maximum Gasteiger partial charge on any atom is 0.155 e. The van der Waals surface area contributed by atoms with E-state index >= 15 is 0 Å². The average Bonchev–Trinajstić information content (AvgIpc) is 2.95. The normalized spacial score (nSPS) is 10.9. The average molecular weight is 247 g/mol. The molecule has 3 nitrogen and oxygen atoms in total. The van der Waals surface area contributed by atoms with Crippen molar-refractivity contribution in [2.24, 2.45) is 0 Å². The number of hydrogen-bond donors (Lipinski definition) is 0. The van der Waals surface area contributed by atoms with Gasteiger partial charge in [0.25, 0.3) is 0 Å². The van der Waals surface area contributed by atoms with Gasteiger partial charge in [0.2, 0.25) is 0 Å². The van der Waals surface area contributed by atoms with Gasteiger partial charge in [0.1, 0.15) is 6.33 Å². The van der Waals surface area contributed by atoms with Crippen LogP contribution in [0.4, 0.5) is 0 Å². The molecule has 0 atom stereocenters. The van der Waals surface area contributed by atoms with Crippen LogP contribution in [0.15, 0.2) is 67.0 Å². The van der Waals surface area contributed by atoms with Gasteiger partial charge in [0.15, 0.2) is 5.82 Å². The van der Waals surface area contributed by atoms with Crippen molar-refractivity contribution in [2.75, 3.05) is 0 Å². The lowest BCUT2D eigenvalue weighted by molar-refractivity contribution is 0.869. The quantitative estimate of drug-likeness (QED) is 0.709. The van der Waals surface area contributed by atoms with Crippen molar-refractivity contribution in [3.63, 3.8) is 0 Å². The van der Waals surface area contributed by atoms with E-state index < -0.39 is 0 Å². The Morgan fingerprint density at radius 3 is 2.21 bits per heavy atom. The van der Waals surface area contributed by atoms with E-state index in [1.165, 1.54) is 0 Å². The van der Waals surface area contributed by atoms with Gasteiger partial charge in [0, 0.05) is 0 Å². The second-order valence-corrected chi connectivity index (χ2v) is 4.11. The van der Waals surface area contributed by atoms with Crippen molar-refractivity contribution in [3.05, 3.63) is 78.4 Å². The second kappa shape index (κ2) is 5.31. The van der Waals surface area contributed by atoms with Crippen molar-refractivity contribution >= 4 is 12.2 Å². The standard InChI is InChI=1S/C16H13N3/c1-3-7-14(8-4-1)11-12-16-17-13-18-19(16)15-9-5-2-6-10-15/h1-13H/b12-11+. The van der Waals surface area contributed by atoms with E-state index in [2.05, 4.69) is 22.2 Å². The van der Waals surface area contributed by atoms with Gasteiger partial charge in [-0.1, -0.05) is 54.6 Å². The predicted molar refractivity (Wildman–Crippen MR) is 76.7 cm³/mol. The minimum atomic E-state index is 0.815. The molecule has 3 aromatic rings. The fourth-order valence-electron chi connectivity index (χ4n) is 1.87. The van der Waals surface area contributed by atoms with Gasteiger partial charge in [-0.15, -0.1) is 0 Å². The van der Waals surface area contributed by atoms with Crippen LogP contribution in [0.2, 0.25) is 0 Å². The number of nitrogens with zero attached hydrogens (tertiary/aromatic N) is 3. The van der Waals surface area contributed by atoms with Crippen LogP contribution in [0.3, 0.4) is 0 Å². The summed E-state index contributed by atoms with van der Waals surface area (Å²) in [5.41, 5.74) is 2.15. The number of rotatable bonds is 3. The summed E-state index contributed by atoms with van der Waals surface area (Å²) < 4.78 is 1.82. The molecule has 2 aromatic carbocycles. The van der Waals surface area contributed by atoms with Crippen LogP contribution >= 0.6 is 0 Å². The van der Waals surface area contributed by atoms with E-state index in [1.54, 1.807) is 6.33 Å². The van der Waals surface area contributed by atoms with Crippen LogP contribution in [0.1, 0.15) is 11.4 Å². The molecule has 0 bridgehead atoms. The Labute approximate surface area is 111 Å². The van der Waals surface area contributed by atoms with Gasteiger partial charge >= 0.3 is 0 Å². The Balaban J connectivity index is 1.91. The molecule has 1 aromatic heterocycles. The lowest BCUT2D eigenvalue weighted by Crippen LogP contribution is -1.98. The molecule has 0 amide bonds. The summed E-state index contributed by atoms with van der Waals surface area (Å²) in [6.07, 6.45) is 5.57. The molecule has 0 saturated heterocycles. The monoisotopic (exact) mass is 247 g/mol. The van der Waals surface area contributed by atoms with Gasteiger partial charge in [-0.25, -0.2) is 9.67 Å². The molecule has 0 unspecified atom stereocenters. The van der Waals surface area contributed by atoms with Crippen LogP contribution in [0, 0.1) is 0 Å². The lowest BCUT2D eigenvalue weighted by Gasteiger charge is -2.02. The van der Waals surface area contributed by atoms with Crippen molar-refractivity contribution in [1.29, 1.82) is 0 Å². The zero-order chi connectivity index (χ0) is 12.9. The molecule has 92 valence electrons. The van der Waals surface area contributed by atoms with E-state index in [9.17, 15) is 0 Å². The summed E-state index contributed by atoms with van der Waals surface area (Å²) in [7, 11) is 0. The Hall–Kier alpha value is -2.68. The zero-order valence-electron chi connectivity index (χ0n) is 10.3. The summed E-state index contributed by atoms with van der Waals surface area (Å²) in [5, 5.41) is 4.25. The first-order valence-corrected chi connectivity index (χ1v) is 6.12. The molecule has 0 saturated carbocycles. The summed E-state index contributed by atoms with van der Waals surface area (Å²) in [6.45, 7) is 0. The fraction of sp³-hybridized carbons (Fsp3) is 0. The van der Waals surface area contributed by atoms with Crippen LogP contribution in [-0.4, -0.2) is 14.8 Å². The smallest absolute Gasteiger partial charge is 0.155 e. The Morgan fingerprint density at radius 1 is 0.789 bits per heavy atom. The summed E-state index contributed by atoms with van der Waals surface area (Å²) in [5.74, 6) is 0.815. The predicted octanol–water partition coefficient (Wildman–Crippen LogP) is 3.44. The number of hydrogen-bond acceptors (Lipinski definition) is 2. The molecule has 0 spiro atoms. The molecule has 19 heavy (non-hydrogen) atoms. The Bertz CT molecular complexity index is 669. The maximum absolute atomic E-state index is 4.27. The summed E-state index contributed by atoms with van der Waals surface area (Å²) in [6, 6.07) is 20.1. The van der Waals surface area contributed by atoms with E-state index in [0.29, 0.717) is 0 Å². The molecule has 1 heterocycles. The van der Waals surface area contributed by atoms with Gasteiger partial charge in [-0.2, -0.15) is 5.10 Å². The van der Waals surface area contributed by atoms with Gasteiger partial charge < -0.3 is 0 Å². The zero-order valence-corrected chi connectivity index (χ0v) is 10.3. The first-order chi connectivity index (χ1) is 9.43. The van der Waals surface area contributed by atoms with E-state index in [4.69, 9.17) is 0 Å². The molecular formula is C16H13N3. The Kier molecular flexibility index (Phi) is 3.19. The van der Waals surface area contributed by atoms with Gasteiger partial charge in [-0.05, 0) is 23.8 Å². The van der Waals surface area contributed by atoms with Gasteiger partial charge in [-0.3, -0.25) is 0 Å². The van der Waals surface area contributed by atoms with E-state index in [0.717, 1.165) is 17.1 Å². The first kappa shape index (κ1) is 11.4. The number of aromatic nitrogens is 3. The topological polar surface area (TPSA) is 30.7 Å². The molecule has 3 rings (SSSR count). The third kappa shape index (κ3) is 2.60. The van der Waals surface area contributed by atoms with Crippen molar-refractivity contribution < 1.29 is 0 Å². The molecular weight excluding hydrogens is 234 g/mol. The molecule has 0 radical (unpaired) electrons. The largest absolute Gasteiger partial charge is 0.215 e. The van der Waals surface area contributed by atoms with Crippen LogP contribution in [0.25, 0.3) is 17.8 Å². The van der Waals surface area contributed by atoms with Crippen LogP contribution in [0.5, 0.6) is 0 Å². The highest BCUT2D eigenvalue weighted by molar-refractivity contribution is 5.67. The SMILES string of the molecule is C(=C\c1ncnn1-c1ccccc1)/c1ccccc1. The molecule has 3 heteroatoms. The number of benzene rings is 2. The Morgan fingerprint density at radius 2 is 1.47 bits per heavy atom. The molecule has 0 aliphatic heterocycles. The van der Waals surface area contributed by atoms with Crippen molar-refractivity contribution in [3.8, 4) is 5.69 Å². The minimum Gasteiger partial charge on any atom is -0.215 e. The fourth-order valence-corrected chi connectivity index (χ4v) is 1.87. The summed E-state index contributed by atoms with van der Waals surface area (Å²) in [4.78, 5) is 4.27. The highest BCUT2D eigenvalue weighted by Crippen LogP contribution is 2.11. The first-order valence-electron chi connectivity index (χ1n) is 6.12. The van der Waals surface area contributed by atoms with Crippen LogP contribution < -0.4 is 0 Å². The third-order valence-corrected chi connectivity index (χ3v) is 2.80. The third-order valence-electron chi connectivity index (χ3n) is 2.80. The molecule has 0 N–H and O–H groups in total. The highest BCUT2D eigenvalue weighted by Gasteiger charge is 2.02. The summed E-state index contributed by atoms with van der Waals surface area (Å²) >= 11 is 0. The van der Waals surface area contributed by atoms with Crippen molar-refractivity contribution in [1.82, 2.24) is 14.8 Å². The molecule has 0 aliphatic rings. The maximum atomic E-state index is 4.27. The van der Waals surface area contributed by atoms with Crippen molar-refractivity contribution in [2.45, 2.75) is 0 Å². The van der Waals surface area contributed by atoms with Crippen LogP contribution in [-0.2, 0) is 0 Å². The van der Waals surface area contributed by atoms with E-state index in [-0.39, 0.29) is 0 Å². The highest BCUT2D eigenvalue weighted by atomic mass is 15.3. The molecule has 0 fully saturated rings. The lowest BCUT2D eigenvalue weighted by atomic mass is 10.2.